The van der Waals surface area contributed by atoms with Gasteiger partial charge in [-0.05, 0) is 53.7 Å². The van der Waals surface area contributed by atoms with Crippen LogP contribution in [0.5, 0.6) is 0 Å². The summed E-state index contributed by atoms with van der Waals surface area (Å²) in [5.74, 6) is 0. The Morgan fingerprint density at radius 2 is 1.44 bits per heavy atom. The van der Waals surface area contributed by atoms with Crippen LogP contribution in [0, 0.1) is 0 Å². The second-order valence-electron chi connectivity index (χ2n) is 10.00. The van der Waals surface area contributed by atoms with E-state index < -0.39 is 10.0 Å². The van der Waals surface area contributed by atoms with Crippen LogP contribution in [-0.4, -0.2) is 27.1 Å². The Bertz CT molecular complexity index is 2210. The van der Waals surface area contributed by atoms with E-state index in [2.05, 4.69) is 4.98 Å². The zero-order chi connectivity index (χ0) is 29.4. The number of imidazole rings is 1. The SMILES string of the molecule is O=C(Sc1ccccc1)c1cc2c(c3ccccc3n2S(=O)(=O)c2ccccc2)c2c1ncn2COCc1ccccc1. The molecule has 212 valence electrons. The molecule has 0 radical (unpaired) electrons. The molecule has 0 atom stereocenters. The molecule has 7 nitrogen and oxygen atoms in total. The average molecular weight is 604 g/mol. The molecule has 43 heavy (non-hydrogen) atoms. The summed E-state index contributed by atoms with van der Waals surface area (Å²) in [6, 6.07) is 36.6. The molecule has 0 aliphatic carbocycles. The van der Waals surface area contributed by atoms with E-state index in [1.54, 1.807) is 48.8 Å². The molecule has 0 unspecified atom stereocenters. The van der Waals surface area contributed by atoms with E-state index in [0.717, 1.165) is 27.6 Å². The minimum Gasteiger partial charge on any atom is -0.356 e. The van der Waals surface area contributed by atoms with Crippen molar-refractivity contribution < 1.29 is 17.9 Å². The number of fused-ring (bicyclic) bond motifs is 5. The summed E-state index contributed by atoms with van der Waals surface area (Å²) in [7, 11) is -4.03. The second kappa shape index (κ2) is 11.2. The van der Waals surface area contributed by atoms with Crippen molar-refractivity contribution in [1.82, 2.24) is 13.5 Å². The van der Waals surface area contributed by atoms with Crippen molar-refractivity contribution in [2.24, 2.45) is 0 Å². The third-order valence-electron chi connectivity index (χ3n) is 7.27. The van der Waals surface area contributed by atoms with E-state index in [4.69, 9.17) is 4.74 Å². The van der Waals surface area contributed by atoms with Crippen molar-refractivity contribution in [3.8, 4) is 0 Å². The fourth-order valence-corrected chi connectivity index (χ4v) is 7.66. The minimum atomic E-state index is -4.03. The first-order chi connectivity index (χ1) is 21.0. The van der Waals surface area contributed by atoms with Crippen molar-refractivity contribution >= 4 is 59.7 Å². The first kappa shape index (κ1) is 27.2. The molecule has 0 bridgehead atoms. The number of para-hydroxylation sites is 1. The largest absolute Gasteiger partial charge is 0.356 e. The predicted molar refractivity (Wildman–Crippen MR) is 170 cm³/mol. The number of rotatable bonds is 8. The highest BCUT2D eigenvalue weighted by Gasteiger charge is 2.28. The van der Waals surface area contributed by atoms with E-state index in [-0.39, 0.29) is 16.7 Å². The molecular weight excluding hydrogens is 579 g/mol. The molecule has 0 amide bonds. The predicted octanol–water partition coefficient (Wildman–Crippen LogP) is 7.49. The Labute approximate surface area is 252 Å². The van der Waals surface area contributed by atoms with Crippen molar-refractivity contribution in [1.29, 1.82) is 0 Å². The quantitative estimate of drug-likeness (QED) is 0.167. The number of aromatic nitrogens is 3. The van der Waals surface area contributed by atoms with Crippen LogP contribution in [0.3, 0.4) is 0 Å². The normalized spacial score (nSPS) is 11.9. The lowest BCUT2D eigenvalue weighted by molar-refractivity contribution is 0.0665. The molecule has 0 aliphatic heterocycles. The van der Waals surface area contributed by atoms with Crippen LogP contribution >= 0.6 is 11.8 Å². The highest BCUT2D eigenvalue weighted by atomic mass is 32.2. The van der Waals surface area contributed by atoms with Crippen LogP contribution in [0.2, 0.25) is 0 Å². The zero-order valence-electron chi connectivity index (χ0n) is 22.8. The van der Waals surface area contributed by atoms with Gasteiger partial charge in [-0.25, -0.2) is 17.4 Å². The molecule has 9 heteroatoms. The van der Waals surface area contributed by atoms with Gasteiger partial charge in [-0.1, -0.05) is 84.9 Å². The maximum absolute atomic E-state index is 14.2. The number of carbonyl (C=O) groups is 1. The van der Waals surface area contributed by atoms with Crippen molar-refractivity contribution in [3.05, 3.63) is 139 Å². The van der Waals surface area contributed by atoms with Crippen molar-refractivity contribution in [2.45, 2.75) is 23.1 Å². The summed E-state index contributed by atoms with van der Waals surface area (Å²) in [4.78, 5) is 19.5. The van der Waals surface area contributed by atoms with Gasteiger partial charge in [0.05, 0.1) is 39.9 Å². The van der Waals surface area contributed by atoms with Gasteiger partial charge in [0.2, 0.25) is 5.12 Å². The van der Waals surface area contributed by atoms with Gasteiger partial charge in [0, 0.05) is 15.7 Å². The Morgan fingerprint density at radius 3 is 2.19 bits per heavy atom. The highest BCUT2D eigenvalue weighted by Crippen LogP contribution is 2.40. The van der Waals surface area contributed by atoms with Gasteiger partial charge in [-0.2, -0.15) is 0 Å². The molecule has 2 aromatic heterocycles. The maximum Gasteiger partial charge on any atom is 0.268 e. The molecule has 7 aromatic rings. The van der Waals surface area contributed by atoms with Crippen LogP contribution in [0.4, 0.5) is 0 Å². The second-order valence-corrected chi connectivity index (χ2v) is 12.8. The zero-order valence-corrected chi connectivity index (χ0v) is 24.5. The molecule has 0 saturated carbocycles. The third-order valence-corrected chi connectivity index (χ3v) is 9.93. The third kappa shape index (κ3) is 4.91. The molecule has 0 saturated heterocycles. The molecule has 0 fully saturated rings. The fourth-order valence-electron chi connectivity index (χ4n) is 5.35. The molecule has 2 heterocycles. The molecule has 7 rings (SSSR count). The number of hydrogen-bond acceptors (Lipinski definition) is 6. The molecule has 0 N–H and O–H groups in total. The summed E-state index contributed by atoms with van der Waals surface area (Å²) < 4.78 is 37.7. The lowest BCUT2D eigenvalue weighted by Crippen LogP contribution is -2.13. The van der Waals surface area contributed by atoms with Crippen molar-refractivity contribution in [3.63, 3.8) is 0 Å². The number of thioether (sulfide) groups is 1. The minimum absolute atomic E-state index is 0.156. The monoisotopic (exact) mass is 603 g/mol. The Kier molecular flexibility index (Phi) is 7.06. The first-order valence-electron chi connectivity index (χ1n) is 13.6. The van der Waals surface area contributed by atoms with Crippen LogP contribution in [0.1, 0.15) is 15.9 Å². The van der Waals surface area contributed by atoms with E-state index >= 15 is 0 Å². The van der Waals surface area contributed by atoms with Gasteiger partial charge in [-0.3, -0.25) is 4.79 Å². The fraction of sp³-hybridized carbons (Fsp3) is 0.0588. The van der Waals surface area contributed by atoms with E-state index in [9.17, 15) is 13.2 Å². The first-order valence-corrected chi connectivity index (χ1v) is 15.9. The van der Waals surface area contributed by atoms with Crippen LogP contribution in [0.25, 0.3) is 32.8 Å². The number of nitrogens with zero attached hydrogens (tertiary/aromatic N) is 3. The van der Waals surface area contributed by atoms with E-state index in [1.807, 2.05) is 83.4 Å². The molecule has 0 aliphatic rings. The van der Waals surface area contributed by atoms with Crippen LogP contribution in [-0.2, 0) is 28.1 Å². The summed E-state index contributed by atoms with van der Waals surface area (Å²) in [6.45, 7) is 0.547. The standard InChI is InChI=1S/C34H25N3O4S2/c38-34(42-25-14-6-2-7-15-25)28-20-30-31(33-32(28)35-22-36(33)23-41-21-24-12-4-1-5-13-24)27-18-10-11-19-29(27)37(30)43(39,40)26-16-8-3-9-17-26/h1-20,22H,21,23H2. The Balaban J connectivity index is 1.47. The number of hydrogen-bond donors (Lipinski definition) is 0. The average Bonchev–Trinajstić information content (AvgIpc) is 3.61. The number of benzene rings is 5. The van der Waals surface area contributed by atoms with Crippen molar-refractivity contribution in [2.75, 3.05) is 0 Å². The van der Waals surface area contributed by atoms with Gasteiger partial charge in [-0.15, -0.1) is 0 Å². The molecule has 0 spiro atoms. The maximum atomic E-state index is 14.2. The van der Waals surface area contributed by atoms with Gasteiger partial charge in [0.25, 0.3) is 10.0 Å². The molecule has 5 aromatic carbocycles. The smallest absolute Gasteiger partial charge is 0.268 e. The summed E-state index contributed by atoms with van der Waals surface area (Å²) in [6.07, 6.45) is 1.65. The highest BCUT2D eigenvalue weighted by molar-refractivity contribution is 8.14. The number of ether oxygens (including phenoxy) is 1. The Morgan fingerprint density at radius 1 is 0.791 bits per heavy atom. The van der Waals surface area contributed by atoms with Gasteiger partial charge >= 0.3 is 0 Å². The van der Waals surface area contributed by atoms with Gasteiger partial charge in [0.15, 0.2) is 0 Å². The Hall–Kier alpha value is -4.70. The molecular formula is C34H25N3O4S2. The summed E-state index contributed by atoms with van der Waals surface area (Å²) in [5.41, 5.74) is 3.40. The van der Waals surface area contributed by atoms with E-state index in [1.165, 1.54) is 3.97 Å². The number of carbonyl (C=O) groups excluding carboxylic acids is 1. The van der Waals surface area contributed by atoms with Gasteiger partial charge in [0.1, 0.15) is 12.2 Å². The summed E-state index contributed by atoms with van der Waals surface area (Å²) in [5, 5.41) is 1.19. The lowest BCUT2D eigenvalue weighted by atomic mass is 10.1. The van der Waals surface area contributed by atoms with Crippen LogP contribution in [0.15, 0.2) is 137 Å². The van der Waals surface area contributed by atoms with E-state index in [0.29, 0.717) is 39.6 Å². The summed E-state index contributed by atoms with van der Waals surface area (Å²) >= 11 is 1.08. The van der Waals surface area contributed by atoms with Crippen LogP contribution < -0.4 is 0 Å². The topological polar surface area (TPSA) is 83.2 Å². The van der Waals surface area contributed by atoms with Gasteiger partial charge < -0.3 is 9.30 Å². The lowest BCUT2D eigenvalue weighted by Gasteiger charge is -2.12.